The average Bonchev–Trinajstić information content (AvgIpc) is 2.43. The highest BCUT2D eigenvalue weighted by molar-refractivity contribution is 6.31. The van der Waals surface area contributed by atoms with E-state index in [2.05, 4.69) is 0 Å². The Morgan fingerprint density at radius 2 is 2.15 bits per heavy atom. The third kappa shape index (κ3) is 1.23. The summed E-state index contributed by atoms with van der Waals surface area (Å²) in [4.78, 5) is 11.3. The third-order valence-corrected chi connectivity index (χ3v) is 2.17. The Kier molecular flexibility index (Phi) is 1.85. The third-order valence-electron chi connectivity index (χ3n) is 1.93. The minimum Gasteiger partial charge on any atom is -0.423 e. The molecule has 0 aliphatic carbocycles. The summed E-state index contributed by atoms with van der Waals surface area (Å²) in [6, 6.07) is 5.15. The van der Waals surface area contributed by atoms with Gasteiger partial charge < -0.3 is 4.74 Å². The molecule has 0 unspecified atom stereocenters. The molecule has 13 heavy (non-hydrogen) atoms. The van der Waals surface area contributed by atoms with E-state index in [0.717, 1.165) is 5.56 Å². The van der Waals surface area contributed by atoms with Crippen LogP contribution in [-0.2, 0) is 4.74 Å². The Morgan fingerprint density at radius 3 is 2.85 bits per heavy atom. The quantitative estimate of drug-likeness (QED) is 0.594. The number of carbonyl (C=O) groups is 1. The molecule has 0 saturated heterocycles. The minimum absolute atomic E-state index is 0.328. The lowest BCUT2D eigenvalue weighted by atomic mass is 10.1. The number of benzene rings is 1. The summed E-state index contributed by atoms with van der Waals surface area (Å²) in [5, 5.41) is 0.549. The van der Waals surface area contributed by atoms with Gasteiger partial charge in [0.25, 0.3) is 0 Å². The Labute approximate surface area is 80.8 Å². The van der Waals surface area contributed by atoms with Crippen molar-refractivity contribution in [3.05, 3.63) is 40.4 Å². The molecule has 0 N–H and O–H groups in total. The fraction of sp³-hybridized carbons (Fsp3) is 0.100. The highest BCUT2D eigenvalue weighted by Gasteiger charge is 2.25. The molecule has 1 aliphatic heterocycles. The van der Waals surface area contributed by atoms with Crippen LogP contribution in [0.25, 0.3) is 5.76 Å². The molecule has 0 bridgehead atoms. The maximum Gasteiger partial charge on any atom is 0.344 e. The summed E-state index contributed by atoms with van der Waals surface area (Å²) in [5.41, 5.74) is 1.36. The van der Waals surface area contributed by atoms with Crippen LogP contribution in [0.15, 0.2) is 24.3 Å². The molecule has 0 aromatic heterocycles. The standard InChI is InChI=1S/C10H7ClO2/c1-2-9-7-4-3-6(11)5-8(7)10(12)13-9/h2-5H,1H3. The molecule has 1 aliphatic rings. The van der Waals surface area contributed by atoms with Crippen molar-refractivity contribution in [2.75, 3.05) is 0 Å². The predicted molar refractivity (Wildman–Crippen MR) is 50.5 cm³/mol. The lowest BCUT2D eigenvalue weighted by Crippen LogP contribution is -1.92. The fourth-order valence-corrected chi connectivity index (χ4v) is 1.50. The van der Waals surface area contributed by atoms with Crippen molar-refractivity contribution in [1.29, 1.82) is 0 Å². The van der Waals surface area contributed by atoms with E-state index in [1.807, 2.05) is 6.92 Å². The fourth-order valence-electron chi connectivity index (χ4n) is 1.32. The second-order valence-electron chi connectivity index (χ2n) is 2.73. The number of hydrogen-bond donors (Lipinski definition) is 0. The van der Waals surface area contributed by atoms with E-state index in [-0.39, 0.29) is 5.97 Å². The van der Waals surface area contributed by atoms with Gasteiger partial charge in [-0.1, -0.05) is 11.6 Å². The molecule has 0 fully saturated rings. The number of rotatable bonds is 0. The molecule has 2 rings (SSSR count). The van der Waals surface area contributed by atoms with E-state index in [1.54, 1.807) is 24.3 Å². The van der Waals surface area contributed by atoms with Gasteiger partial charge in [-0.3, -0.25) is 0 Å². The van der Waals surface area contributed by atoms with Crippen LogP contribution in [0.3, 0.4) is 0 Å². The van der Waals surface area contributed by atoms with Crippen molar-refractivity contribution < 1.29 is 9.53 Å². The first-order valence-corrected chi connectivity index (χ1v) is 4.28. The average molecular weight is 195 g/mol. The summed E-state index contributed by atoms with van der Waals surface area (Å²) < 4.78 is 5.00. The normalized spacial score (nSPS) is 17.4. The van der Waals surface area contributed by atoms with Gasteiger partial charge in [0.1, 0.15) is 5.76 Å². The van der Waals surface area contributed by atoms with Gasteiger partial charge in [0, 0.05) is 10.6 Å². The van der Waals surface area contributed by atoms with E-state index >= 15 is 0 Å². The van der Waals surface area contributed by atoms with E-state index in [9.17, 15) is 4.79 Å². The summed E-state index contributed by atoms with van der Waals surface area (Å²) in [5.74, 6) is 0.280. The summed E-state index contributed by atoms with van der Waals surface area (Å²) in [6.45, 7) is 1.83. The number of cyclic esters (lactones) is 1. The van der Waals surface area contributed by atoms with Crippen molar-refractivity contribution in [1.82, 2.24) is 0 Å². The maximum atomic E-state index is 11.3. The van der Waals surface area contributed by atoms with Gasteiger partial charge in [0.2, 0.25) is 0 Å². The van der Waals surface area contributed by atoms with Gasteiger partial charge in [-0.25, -0.2) is 4.79 Å². The Balaban J connectivity index is 2.65. The number of carbonyl (C=O) groups excluding carboxylic acids is 1. The number of ether oxygens (including phenoxy) is 1. The highest BCUT2D eigenvalue weighted by Crippen LogP contribution is 2.31. The summed E-state index contributed by atoms with van der Waals surface area (Å²) >= 11 is 5.75. The monoisotopic (exact) mass is 194 g/mol. The van der Waals surface area contributed by atoms with Gasteiger partial charge in [-0.2, -0.15) is 0 Å². The van der Waals surface area contributed by atoms with Crippen LogP contribution in [-0.4, -0.2) is 5.97 Å². The van der Waals surface area contributed by atoms with E-state index in [4.69, 9.17) is 16.3 Å². The Hall–Kier alpha value is -1.28. The van der Waals surface area contributed by atoms with Crippen LogP contribution in [0.4, 0.5) is 0 Å². The zero-order valence-corrected chi connectivity index (χ0v) is 7.76. The zero-order chi connectivity index (χ0) is 9.42. The van der Waals surface area contributed by atoms with Crippen LogP contribution in [0.2, 0.25) is 5.02 Å². The van der Waals surface area contributed by atoms with Crippen molar-refractivity contribution in [3.8, 4) is 0 Å². The van der Waals surface area contributed by atoms with Gasteiger partial charge in [-0.05, 0) is 31.2 Å². The number of halogens is 1. The van der Waals surface area contributed by atoms with Gasteiger partial charge in [0.05, 0.1) is 5.56 Å². The molecule has 0 saturated carbocycles. The van der Waals surface area contributed by atoms with Crippen LogP contribution in [0.1, 0.15) is 22.8 Å². The van der Waals surface area contributed by atoms with E-state index in [1.165, 1.54) is 0 Å². The largest absolute Gasteiger partial charge is 0.423 e. The second kappa shape index (κ2) is 2.89. The molecular weight excluding hydrogens is 188 g/mol. The SMILES string of the molecule is CC=C1OC(=O)c2cc(Cl)ccc21. The first kappa shape index (κ1) is 8.32. The molecule has 1 aromatic rings. The molecule has 0 radical (unpaired) electrons. The molecule has 0 amide bonds. The summed E-state index contributed by atoms with van der Waals surface area (Å²) in [6.07, 6.45) is 1.76. The molecular formula is C10H7ClO2. The molecule has 1 heterocycles. The number of hydrogen-bond acceptors (Lipinski definition) is 2. The highest BCUT2D eigenvalue weighted by atomic mass is 35.5. The summed E-state index contributed by atoms with van der Waals surface area (Å²) in [7, 11) is 0. The first-order valence-electron chi connectivity index (χ1n) is 3.91. The number of esters is 1. The first-order chi connectivity index (χ1) is 6.22. The molecule has 1 aromatic carbocycles. The molecule has 2 nitrogen and oxygen atoms in total. The van der Waals surface area contributed by atoms with Crippen LogP contribution in [0, 0.1) is 0 Å². The Morgan fingerprint density at radius 1 is 1.38 bits per heavy atom. The number of fused-ring (bicyclic) bond motifs is 1. The Bertz CT molecular complexity index is 407. The lowest BCUT2D eigenvalue weighted by molar-refractivity contribution is 0.0715. The van der Waals surface area contributed by atoms with Crippen LogP contribution >= 0.6 is 11.6 Å². The van der Waals surface area contributed by atoms with Crippen molar-refractivity contribution in [2.24, 2.45) is 0 Å². The predicted octanol–water partition coefficient (Wildman–Crippen LogP) is 2.87. The van der Waals surface area contributed by atoms with Crippen molar-refractivity contribution in [2.45, 2.75) is 6.92 Å². The molecule has 0 spiro atoms. The smallest absolute Gasteiger partial charge is 0.344 e. The van der Waals surface area contributed by atoms with Crippen LogP contribution in [0.5, 0.6) is 0 Å². The van der Waals surface area contributed by atoms with E-state index in [0.29, 0.717) is 16.3 Å². The zero-order valence-electron chi connectivity index (χ0n) is 7.00. The van der Waals surface area contributed by atoms with Gasteiger partial charge in [0.15, 0.2) is 0 Å². The number of allylic oxidation sites excluding steroid dienone is 1. The topological polar surface area (TPSA) is 26.3 Å². The minimum atomic E-state index is -0.328. The van der Waals surface area contributed by atoms with E-state index < -0.39 is 0 Å². The maximum absolute atomic E-state index is 11.3. The lowest BCUT2D eigenvalue weighted by Gasteiger charge is -1.95. The molecule has 0 atom stereocenters. The van der Waals surface area contributed by atoms with Gasteiger partial charge in [-0.15, -0.1) is 0 Å². The van der Waals surface area contributed by atoms with Crippen LogP contribution < -0.4 is 0 Å². The molecule has 3 heteroatoms. The van der Waals surface area contributed by atoms with Gasteiger partial charge >= 0.3 is 5.97 Å². The second-order valence-corrected chi connectivity index (χ2v) is 3.17. The van der Waals surface area contributed by atoms with Crippen molar-refractivity contribution >= 4 is 23.3 Å². The molecule has 66 valence electrons. The van der Waals surface area contributed by atoms with Crippen molar-refractivity contribution in [3.63, 3.8) is 0 Å².